The van der Waals surface area contributed by atoms with E-state index in [2.05, 4.69) is 58.8 Å². The number of fused-ring (bicyclic) bond motifs is 1. The standard InChI is InChI=1S/C42H70N6O5S/c1-13-28-23-40(28,36(53)45-54-47-20-14-15-21-47)25-30(49)29-24-42(39(10,11)41(42)18-16-19-41)26-48(29)35(52)33(38(7,8)9)44-34(51)32(37(4,5)6)43-31(50)17-22-46(12)27(2)3/h13,27-29,32-33H,1,14-26H2,2-12H3,(H,43,50)(H,44,51)(H,45,53). The van der Waals surface area contributed by atoms with Crippen molar-refractivity contribution < 1.29 is 24.0 Å². The first-order chi connectivity index (χ1) is 25.0. The third-order valence-electron chi connectivity index (χ3n) is 14.6. The number of hydrogen-bond donors (Lipinski definition) is 3. The number of likely N-dealkylation sites (tertiary alicyclic amines) is 1. The van der Waals surface area contributed by atoms with Crippen LogP contribution in [0.1, 0.15) is 127 Å². The summed E-state index contributed by atoms with van der Waals surface area (Å²) >= 11 is 1.34. The fraction of sp³-hybridized carbons (Fsp3) is 0.833. The number of carbonyl (C=O) groups is 5. The molecule has 0 radical (unpaired) electrons. The van der Waals surface area contributed by atoms with Crippen molar-refractivity contribution in [2.45, 2.75) is 151 Å². The molecule has 5 fully saturated rings. The van der Waals surface area contributed by atoms with E-state index in [0.29, 0.717) is 25.9 Å². The van der Waals surface area contributed by atoms with Crippen LogP contribution in [0.25, 0.3) is 0 Å². The Bertz CT molecular complexity index is 1490. The average Bonchev–Trinajstić information content (AvgIpc) is 3.53. The van der Waals surface area contributed by atoms with Gasteiger partial charge in [0.05, 0.1) is 11.5 Å². The quantitative estimate of drug-likeness (QED) is 0.147. The molecule has 0 bridgehead atoms. The predicted octanol–water partition coefficient (Wildman–Crippen LogP) is 5.50. The molecule has 5 rings (SSSR count). The molecule has 3 N–H and O–H groups in total. The Morgan fingerprint density at radius 1 is 0.907 bits per heavy atom. The van der Waals surface area contributed by atoms with Crippen LogP contribution in [0.2, 0.25) is 0 Å². The molecule has 2 aliphatic heterocycles. The molecule has 3 saturated carbocycles. The molecule has 0 aromatic rings. The summed E-state index contributed by atoms with van der Waals surface area (Å²) in [6.07, 6.45) is 8.73. The van der Waals surface area contributed by atoms with Crippen LogP contribution in [-0.4, -0.2) is 101 Å². The normalized spacial score (nSPS) is 29.5. The lowest BCUT2D eigenvalue weighted by Gasteiger charge is -2.38. The molecule has 0 aromatic heterocycles. The van der Waals surface area contributed by atoms with Gasteiger partial charge in [-0.3, -0.25) is 28.7 Å². The highest BCUT2D eigenvalue weighted by molar-refractivity contribution is 7.95. The van der Waals surface area contributed by atoms with E-state index >= 15 is 4.79 Å². The second kappa shape index (κ2) is 15.1. The number of amides is 4. The second-order valence-electron chi connectivity index (χ2n) is 20.3. The number of carbonyl (C=O) groups excluding carboxylic acids is 5. The highest BCUT2D eigenvalue weighted by Gasteiger charge is 2.85. The summed E-state index contributed by atoms with van der Waals surface area (Å²) < 4.78 is 5.20. The summed E-state index contributed by atoms with van der Waals surface area (Å²) in [5, 5.41) is 6.07. The van der Waals surface area contributed by atoms with E-state index in [0.717, 1.165) is 45.2 Å². The van der Waals surface area contributed by atoms with Gasteiger partial charge in [-0.15, -0.1) is 6.58 Å². The van der Waals surface area contributed by atoms with E-state index in [4.69, 9.17) is 0 Å². The van der Waals surface area contributed by atoms with Crippen LogP contribution in [0.3, 0.4) is 0 Å². The van der Waals surface area contributed by atoms with Gasteiger partial charge >= 0.3 is 0 Å². The molecule has 0 aromatic carbocycles. The Morgan fingerprint density at radius 2 is 1.52 bits per heavy atom. The molecule has 6 atom stereocenters. The van der Waals surface area contributed by atoms with Gasteiger partial charge in [-0.1, -0.05) is 67.9 Å². The molecule has 2 spiro atoms. The van der Waals surface area contributed by atoms with E-state index in [-0.39, 0.29) is 64.6 Å². The topological polar surface area (TPSA) is 131 Å². The predicted molar refractivity (Wildman–Crippen MR) is 215 cm³/mol. The van der Waals surface area contributed by atoms with Crippen LogP contribution in [-0.2, 0) is 24.0 Å². The minimum absolute atomic E-state index is 0.0395. The molecule has 2 saturated heterocycles. The van der Waals surface area contributed by atoms with Crippen LogP contribution in [0, 0.1) is 38.4 Å². The second-order valence-corrected chi connectivity index (χ2v) is 21.2. The summed E-state index contributed by atoms with van der Waals surface area (Å²) in [5.74, 6) is -1.25. The van der Waals surface area contributed by atoms with Gasteiger partial charge in [0, 0.05) is 62.6 Å². The maximum atomic E-state index is 15.1. The van der Waals surface area contributed by atoms with Crippen molar-refractivity contribution in [1.82, 2.24) is 29.5 Å². The zero-order valence-electron chi connectivity index (χ0n) is 35.2. The molecular weight excluding hydrogens is 701 g/mol. The fourth-order valence-electron chi connectivity index (χ4n) is 10.2. The third-order valence-corrected chi connectivity index (χ3v) is 15.5. The largest absolute Gasteiger partial charge is 0.344 e. The zero-order valence-corrected chi connectivity index (χ0v) is 36.0. The minimum atomic E-state index is -0.945. The summed E-state index contributed by atoms with van der Waals surface area (Å²) in [6.45, 7) is 27.1. The van der Waals surface area contributed by atoms with E-state index in [1.54, 1.807) is 11.0 Å². The van der Waals surface area contributed by atoms with Crippen molar-refractivity contribution in [1.29, 1.82) is 0 Å². The van der Waals surface area contributed by atoms with E-state index < -0.39 is 40.3 Å². The number of allylic oxidation sites excluding steroid dienone is 1. The Hall–Kier alpha value is -2.44. The van der Waals surface area contributed by atoms with Crippen molar-refractivity contribution in [3.63, 3.8) is 0 Å². The fourth-order valence-corrected chi connectivity index (χ4v) is 11.1. The van der Waals surface area contributed by atoms with Crippen LogP contribution in [0.15, 0.2) is 12.7 Å². The number of hydrogen-bond acceptors (Lipinski definition) is 8. The molecule has 11 nitrogen and oxygen atoms in total. The van der Waals surface area contributed by atoms with Gasteiger partial charge in [-0.25, -0.2) is 4.31 Å². The van der Waals surface area contributed by atoms with Gasteiger partial charge in [0.25, 0.3) is 0 Å². The van der Waals surface area contributed by atoms with Gasteiger partial charge in [-0.05, 0) is 87.0 Å². The Balaban J connectivity index is 1.39. The molecule has 6 unspecified atom stereocenters. The Morgan fingerprint density at radius 3 is 2.00 bits per heavy atom. The smallest absolute Gasteiger partial charge is 0.246 e. The van der Waals surface area contributed by atoms with Crippen molar-refractivity contribution in [3.8, 4) is 0 Å². The van der Waals surface area contributed by atoms with Gasteiger partial charge in [0.1, 0.15) is 12.1 Å². The molecular formula is C42H70N6O5S. The van der Waals surface area contributed by atoms with E-state index in [1.807, 2.05) is 48.6 Å². The van der Waals surface area contributed by atoms with Crippen LogP contribution in [0.5, 0.6) is 0 Å². The number of nitrogens with one attached hydrogen (secondary N) is 3. The summed E-state index contributed by atoms with van der Waals surface area (Å²) in [4.78, 5) is 74.8. The van der Waals surface area contributed by atoms with Crippen molar-refractivity contribution >= 4 is 41.5 Å². The van der Waals surface area contributed by atoms with E-state index in [1.165, 1.54) is 12.1 Å². The third kappa shape index (κ3) is 7.65. The number of rotatable bonds is 15. The molecule has 12 heteroatoms. The summed E-state index contributed by atoms with van der Waals surface area (Å²) in [7, 11) is 1.97. The van der Waals surface area contributed by atoms with Crippen LogP contribution in [0.4, 0.5) is 0 Å². The highest BCUT2D eigenvalue weighted by atomic mass is 32.2. The lowest BCUT2D eigenvalue weighted by molar-refractivity contribution is -0.145. The van der Waals surface area contributed by atoms with Crippen LogP contribution >= 0.6 is 12.1 Å². The summed E-state index contributed by atoms with van der Waals surface area (Å²) in [5.41, 5.74) is -2.36. The molecule has 54 heavy (non-hydrogen) atoms. The van der Waals surface area contributed by atoms with Gasteiger partial charge in [0.15, 0.2) is 5.78 Å². The monoisotopic (exact) mass is 771 g/mol. The lowest BCUT2D eigenvalue weighted by Crippen LogP contribution is -2.62. The minimum Gasteiger partial charge on any atom is -0.344 e. The van der Waals surface area contributed by atoms with Gasteiger partial charge in [0.2, 0.25) is 23.6 Å². The first-order valence-electron chi connectivity index (χ1n) is 20.5. The van der Waals surface area contributed by atoms with Crippen molar-refractivity contribution in [2.75, 3.05) is 33.2 Å². The molecule has 3 aliphatic carbocycles. The number of ketones is 1. The molecule has 304 valence electrons. The van der Waals surface area contributed by atoms with Gasteiger partial charge < -0.3 is 20.4 Å². The molecule has 4 amide bonds. The lowest BCUT2D eigenvalue weighted by atomic mass is 9.73. The summed E-state index contributed by atoms with van der Waals surface area (Å²) in [6, 6.07) is -2.23. The first-order valence-corrected chi connectivity index (χ1v) is 21.2. The Kier molecular flexibility index (Phi) is 12.0. The Labute approximate surface area is 329 Å². The van der Waals surface area contributed by atoms with Crippen molar-refractivity contribution in [3.05, 3.63) is 12.7 Å². The first kappa shape index (κ1) is 42.7. The van der Waals surface area contributed by atoms with Crippen molar-refractivity contribution in [2.24, 2.45) is 38.4 Å². The molecule has 2 heterocycles. The number of Topliss-reactive ketones (excluding diaryl/α,β-unsaturated/α-hetero) is 1. The average molecular weight is 771 g/mol. The maximum Gasteiger partial charge on any atom is 0.246 e. The van der Waals surface area contributed by atoms with E-state index in [9.17, 15) is 19.2 Å². The SMILES string of the molecule is C=CC1CC1(CC(=O)C1CC2(CN1C(=O)C(NC(=O)C(NC(=O)CCN(C)C(C)C)C(C)(C)C)C(C)(C)C)C(C)(C)C21CCC1)C(=O)NSN1CCCC1. The maximum absolute atomic E-state index is 15.1. The van der Waals surface area contributed by atoms with Gasteiger partial charge in [-0.2, -0.15) is 0 Å². The molecule has 5 aliphatic rings. The zero-order chi connectivity index (χ0) is 40.2. The highest BCUT2D eigenvalue weighted by Crippen LogP contribution is 2.88. The number of nitrogens with zero attached hydrogens (tertiary/aromatic N) is 3. The van der Waals surface area contributed by atoms with Crippen LogP contribution < -0.4 is 15.4 Å².